The van der Waals surface area contributed by atoms with Gasteiger partial charge in [-0.05, 0) is 19.9 Å². The quantitative estimate of drug-likeness (QED) is 0.633. The van der Waals surface area contributed by atoms with Crippen molar-refractivity contribution in [2.75, 3.05) is 6.54 Å². The summed E-state index contributed by atoms with van der Waals surface area (Å²) >= 11 is 0. The lowest BCUT2D eigenvalue weighted by Gasteiger charge is -2.11. The highest BCUT2D eigenvalue weighted by Crippen LogP contribution is 2.24. The molecule has 0 saturated heterocycles. The van der Waals surface area contributed by atoms with Gasteiger partial charge in [0, 0.05) is 23.7 Å². The van der Waals surface area contributed by atoms with Crippen LogP contribution in [0.4, 0.5) is 0 Å². The molecule has 1 heterocycles. The van der Waals surface area contributed by atoms with Crippen molar-refractivity contribution < 1.29 is 19.7 Å². The van der Waals surface area contributed by atoms with Crippen LogP contribution in [0.3, 0.4) is 0 Å². The molecule has 1 aromatic rings. The summed E-state index contributed by atoms with van der Waals surface area (Å²) in [6.07, 6.45) is 2.26. The molecule has 0 aromatic carbocycles. The third-order valence-corrected chi connectivity index (χ3v) is 2.56. The number of carbonyl (C=O) groups is 1. The van der Waals surface area contributed by atoms with Gasteiger partial charge in [0.05, 0.1) is 12.3 Å². The van der Waals surface area contributed by atoms with Crippen LogP contribution < -0.4 is 5.73 Å². The third kappa shape index (κ3) is 3.68. The van der Waals surface area contributed by atoms with Crippen LogP contribution in [-0.4, -0.2) is 27.7 Å². The molecule has 0 radical (unpaired) electrons. The lowest BCUT2D eigenvalue weighted by Crippen LogP contribution is -2.09. The smallest absolute Gasteiger partial charge is 0.306 e. The van der Waals surface area contributed by atoms with Crippen molar-refractivity contribution in [2.24, 2.45) is 5.73 Å². The first-order chi connectivity index (χ1) is 8.60. The fourth-order valence-corrected chi connectivity index (χ4v) is 1.45. The van der Waals surface area contributed by atoms with E-state index in [0.29, 0.717) is 29.8 Å². The largest absolute Gasteiger partial charge is 0.506 e. The van der Waals surface area contributed by atoms with E-state index in [1.807, 2.05) is 0 Å². The van der Waals surface area contributed by atoms with Gasteiger partial charge in [0.2, 0.25) is 0 Å². The van der Waals surface area contributed by atoms with Crippen LogP contribution in [0.1, 0.15) is 29.7 Å². The van der Waals surface area contributed by atoms with E-state index in [9.17, 15) is 9.90 Å². The Morgan fingerprint density at radius 2 is 2.28 bits per heavy atom. The van der Waals surface area contributed by atoms with Crippen LogP contribution in [0.15, 0.2) is 6.20 Å². The average Bonchev–Trinajstić information content (AvgIpc) is 2.38. The Morgan fingerprint density at radius 1 is 1.56 bits per heavy atom. The van der Waals surface area contributed by atoms with Gasteiger partial charge >= 0.3 is 5.97 Å². The molecule has 4 N–H and O–H groups in total. The minimum Gasteiger partial charge on any atom is -0.506 e. The first-order valence-electron chi connectivity index (χ1n) is 5.73. The lowest BCUT2D eigenvalue weighted by atomic mass is 10.1. The summed E-state index contributed by atoms with van der Waals surface area (Å²) in [7, 11) is 0. The van der Waals surface area contributed by atoms with E-state index in [0.717, 1.165) is 0 Å². The number of carbonyl (C=O) groups excluding carboxylic acids is 1. The van der Waals surface area contributed by atoms with Crippen LogP contribution in [0.25, 0.3) is 0 Å². The van der Waals surface area contributed by atoms with E-state index in [-0.39, 0.29) is 31.4 Å². The lowest BCUT2D eigenvalue weighted by molar-refractivity contribution is -0.145. The molecule has 0 fully saturated rings. The second-order valence-electron chi connectivity index (χ2n) is 3.91. The van der Waals surface area contributed by atoms with Crippen LogP contribution in [0.2, 0.25) is 0 Å². The summed E-state index contributed by atoms with van der Waals surface area (Å²) in [5.74, 6) is -0.425. The van der Waals surface area contributed by atoms with Gasteiger partial charge in [-0.25, -0.2) is 0 Å². The Bertz CT molecular complexity index is 421. The van der Waals surface area contributed by atoms with Gasteiger partial charge < -0.3 is 20.7 Å². The molecule has 0 unspecified atom stereocenters. The molecule has 1 rings (SSSR count). The molecule has 18 heavy (non-hydrogen) atoms. The molecule has 1 aromatic heterocycles. The number of aliphatic hydroxyl groups is 1. The number of esters is 1. The van der Waals surface area contributed by atoms with Gasteiger partial charge in [0.25, 0.3) is 0 Å². The maximum atomic E-state index is 11.3. The van der Waals surface area contributed by atoms with E-state index in [4.69, 9.17) is 15.6 Å². The number of hydrogen-bond donors (Lipinski definition) is 3. The zero-order valence-corrected chi connectivity index (χ0v) is 10.3. The zero-order chi connectivity index (χ0) is 13.5. The Hall–Kier alpha value is -1.66. The van der Waals surface area contributed by atoms with E-state index < -0.39 is 0 Å². The Morgan fingerprint density at radius 3 is 2.89 bits per heavy atom. The van der Waals surface area contributed by atoms with Crippen molar-refractivity contribution in [2.45, 2.75) is 33.0 Å². The summed E-state index contributed by atoms with van der Waals surface area (Å²) in [6, 6.07) is 0. The average molecular weight is 254 g/mol. The van der Waals surface area contributed by atoms with E-state index in [1.165, 1.54) is 6.20 Å². The minimum absolute atomic E-state index is 0.0480. The second kappa shape index (κ2) is 6.93. The van der Waals surface area contributed by atoms with Crippen molar-refractivity contribution in [1.82, 2.24) is 4.98 Å². The van der Waals surface area contributed by atoms with E-state index in [1.54, 1.807) is 6.92 Å². The van der Waals surface area contributed by atoms with Crippen molar-refractivity contribution >= 4 is 5.97 Å². The van der Waals surface area contributed by atoms with Crippen molar-refractivity contribution in [3.05, 3.63) is 23.0 Å². The van der Waals surface area contributed by atoms with Crippen LogP contribution >= 0.6 is 0 Å². The Labute approximate surface area is 105 Å². The molecule has 0 aliphatic heterocycles. The predicted octanol–water partition coefficient (Wildman–Crippen LogP) is 0.370. The van der Waals surface area contributed by atoms with Crippen molar-refractivity contribution in [1.29, 1.82) is 0 Å². The molecule has 0 saturated carbocycles. The molecule has 0 bridgehead atoms. The highest BCUT2D eigenvalue weighted by molar-refractivity contribution is 5.69. The molecule has 6 nitrogen and oxygen atoms in total. The Kier molecular flexibility index (Phi) is 5.54. The topological polar surface area (TPSA) is 106 Å². The van der Waals surface area contributed by atoms with Crippen LogP contribution in [-0.2, 0) is 22.7 Å². The van der Waals surface area contributed by atoms with Crippen LogP contribution in [0.5, 0.6) is 5.75 Å². The number of aromatic hydroxyl groups is 1. The number of pyridine rings is 1. The third-order valence-electron chi connectivity index (χ3n) is 2.56. The number of ether oxygens (including phenoxy) is 1. The first-order valence-corrected chi connectivity index (χ1v) is 5.73. The highest BCUT2D eigenvalue weighted by Gasteiger charge is 2.13. The SMILES string of the molecule is Cc1ncc(CO)c(COC(=O)CCCN)c1O. The number of rotatable bonds is 6. The molecule has 0 spiro atoms. The van der Waals surface area contributed by atoms with Crippen LogP contribution in [0, 0.1) is 6.92 Å². The number of aliphatic hydroxyl groups excluding tert-OH is 1. The number of aryl methyl sites for hydroxylation is 1. The zero-order valence-electron chi connectivity index (χ0n) is 10.3. The fraction of sp³-hybridized carbons (Fsp3) is 0.500. The normalized spacial score (nSPS) is 10.4. The number of nitrogens with two attached hydrogens (primary N) is 1. The fourth-order valence-electron chi connectivity index (χ4n) is 1.45. The molecule has 0 aliphatic rings. The molecule has 100 valence electrons. The first kappa shape index (κ1) is 14.4. The van der Waals surface area contributed by atoms with Gasteiger partial charge in [-0.2, -0.15) is 0 Å². The van der Waals surface area contributed by atoms with Gasteiger partial charge in [-0.15, -0.1) is 0 Å². The molecule has 0 aliphatic carbocycles. The summed E-state index contributed by atoms with van der Waals surface area (Å²) in [5, 5.41) is 18.9. The monoisotopic (exact) mass is 254 g/mol. The number of hydrogen-bond acceptors (Lipinski definition) is 6. The molecular weight excluding hydrogens is 236 g/mol. The maximum absolute atomic E-state index is 11.3. The molecule has 0 amide bonds. The minimum atomic E-state index is -0.377. The van der Waals surface area contributed by atoms with Gasteiger partial charge in [-0.1, -0.05) is 0 Å². The number of nitrogens with zero attached hydrogens (tertiary/aromatic N) is 1. The van der Waals surface area contributed by atoms with E-state index >= 15 is 0 Å². The van der Waals surface area contributed by atoms with Crippen molar-refractivity contribution in [3.8, 4) is 5.75 Å². The molecular formula is C12H18N2O4. The molecule has 0 atom stereocenters. The summed E-state index contributed by atoms with van der Waals surface area (Å²) in [4.78, 5) is 15.3. The summed E-state index contributed by atoms with van der Waals surface area (Å²) < 4.78 is 5.02. The van der Waals surface area contributed by atoms with Gasteiger partial charge in [0.15, 0.2) is 0 Å². The van der Waals surface area contributed by atoms with Gasteiger partial charge in [0.1, 0.15) is 12.4 Å². The predicted molar refractivity (Wildman–Crippen MR) is 64.6 cm³/mol. The highest BCUT2D eigenvalue weighted by atomic mass is 16.5. The van der Waals surface area contributed by atoms with E-state index in [2.05, 4.69) is 4.98 Å². The standard InChI is InChI=1S/C12H18N2O4/c1-8-12(17)10(9(6-15)5-14-8)7-18-11(16)3-2-4-13/h5,15,17H,2-4,6-7,13H2,1H3. The Balaban J connectivity index is 2.71. The number of aromatic nitrogens is 1. The molecule has 6 heteroatoms. The van der Waals surface area contributed by atoms with Crippen molar-refractivity contribution in [3.63, 3.8) is 0 Å². The second-order valence-corrected chi connectivity index (χ2v) is 3.91. The summed E-state index contributed by atoms with van der Waals surface area (Å²) in [6.45, 7) is 1.72. The van der Waals surface area contributed by atoms with Gasteiger partial charge in [-0.3, -0.25) is 9.78 Å². The summed E-state index contributed by atoms with van der Waals surface area (Å²) in [5.41, 5.74) is 6.56. The maximum Gasteiger partial charge on any atom is 0.306 e.